The molecule has 0 saturated heterocycles. The standard InChI is InChI=1S/C30H35N3O5S/c1-2-25(23-4-3-5-24(16-23)33-39(36,37)27-11-10-22(18-31)19-32-27)28-26(34)17-30(38-29(28)35,14-12-20-6-7-20)15-13-21-8-9-21/h3-5,10-11,16,19-21,25,33-34H,2,6-9,12-15,17H2,1H3. The number of nitrogens with zero attached hydrogens (tertiary/aromatic N) is 2. The van der Waals surface area contributed by atoms with Gasteiger partial charge in [0.25, 0.3) is 10.0 Å². The first kappa shape index (κ1) is 27.2. The summed E-state index contributed by atoms with van der Waals surface area (Å²) in [5.74, 6) is 0.606. The number of cyclic esters (lactones) is 1. The number of aromatic nitrogens is 1. The molecule has 2 saturated carbocycles. The summed E-state index contributed by atoms with van der Waals surface area (Å²) in [6.45, 7) is 1.93. The number of benzene rings is 1. The minimum absolute atomic E-state index is 0.0949. The van der Waals surface area contributed by atoms with Gasteiger partial charge < -0.3 is 9.84 Å². The average Bonchev–Trinajstić information content (AvgIpc) is 3.84. The molecule has 2 aliphatic carbocycles. The van der Waals surface area contributed by atoms with Crippen molar-refractivity contribution in [3.05, 3.63) is 65.1 Å². The van der Waals surface area contributed by atoms with Crippen LogP contribution in [0.15, 0.2) is 59.0 Å². The Hall–Kier alpha value is -3.38. The van der Waals surface area contributed by atoms with E-state index >= 15 is 0 Å². The zero-order valence-electron chi connectivity index (χ0n) is 22.2. The van der Waals surface area contributed by atoms with Crippen LogP contribution in [0.3, 0.4) is 0 Å². The van der Waals surface area contributed by atoms with Crippen molar-refractivity contribution < 1.29 is 23.1 Å². The van der Waals surface area contributed by atoms with Crippen molar-refractivity contribution in [1.29, 1.82) is 5.26 Å². The summed E-state index contributed by atoms with van der Waals surface area (Å²) in [6, 6.07) is 11.4. The van der Waals surface area contributed by atoms with Crippen molar-refractivity contribution in [2.75, 3.05) is 4.72 Å². The van der Waals surface area contributed by atoms with Gasteiger partial charge in [-0.2, -0.15) is 13.7 Å². The molecule has 39 heavy (non-hydrogen) atoms. The van der Waals surface area contributed by atoms with Gasteiger partial charge >= 0.3 is 5.97 Å². The summed E-state index contributed by atoms with van der Waals surface area (Å²) in [5.41, 5.74) is 0.898. The molecular weight excluding hydrogens is 514 g/mol. The molecule has 0 amide bonds. The third-order valence-electron chi connectivity index (χ3n) is 8.18. The predicted octanol–water partition coefficient (Wildman–Crippen LogP) is 6.13. The molecule has 206 valence electrons. The number of hydrogen-bond donors (Lipinski definition) is 2. The Morgan fingerprint density at radius 3 is 2.38 bits per heavy atom. The van der Waals surface area contributed by atoms with Crippen LogP contribution in [0.2, 0.25) is 0 Å². The molecule has 2 N–H and O–H groups in total. The molecule has 1 aliphatic heterocycles. The van der Waals surface area contributed by atoms with Gasteiger partial charge in [0.05, 0.1) is 11.1 Å². The van der Waals surface area contributed by atoms with Crippen LogP contribution in [0.1, 0.15) is 88.2 Å². The number of aliphatic hydroxyl groups excluding tert-OH is 1. The second-order valence-electron chi connectivity index (χ2n) is 11.3. The normalized spacial score (nSPS) is 19.7. The number of nitrogens with one attached hydrogen (secondary N) is 1. The zero-order valence-corrected chi connectivity index (χ0v) is 23.0. The van der Waals surface area contributed by atoms with Crippen molar-refractivity contribution >= 4 is 21.7 Å². The first-order valence-electron chi connectivity index (χ1n) is 13.9. The van der Waals surface area contributed by atoms with E-state index in [4.69, 9.17) is 10.00 Å². The molecule has 0 spiro atoms. The smallest absolute Gasteiger partial charge is 0.338 e. The molecule has 2 fully saturated rings. The molecule has 5 rings (SSSR count). The van der Waals surface area contributed by atoms with E-state index in [2.05, 4.69) is 9.71 Å². The highest BCUT2D eigenvalue weighted by Crippen LogP contribution is 2.46. The number of carbonyl (C=O) groups is 1. The summed E-state index contributed by atoms with van der Waals surface area (Å²) in [5, 5.41) is 20.0. The summed E-state index contributed by atoms with van der Waals surface area (Å²) in [6.07, 6.45) is 10.6. The SMILES string of the molecule is CCC(C1=C(O)CC(CCC2CC2)(CCC2CC2)OC1=O)c1cccc(NS(=O)(=O)c2ccc(C#N)cn2)c1. The van der Waals surface area contributed by atoms with E-state index < -0.39 is 27.5 Å². The van der Waals surface area contributed by atoms with E-state index in [0.29, 0.717) is 35.9 Å². The Morgan fingerprint density at radius 2 is 1.85 bits per heavy atom. The van der Waals surface area contributed by atoms with Crippen LogP contribution in [0, 0.1) is 23.2 Å². The number of esters is 1. The van der Waals surface area contributed by atoms with Crippen LogP contribution >= 0.6 is 0 Å². The lowest BCUT2D eigenvalue weighted by Gasteiger charge is -2.39. The molecule has 0 radical (unpaired) electrons. The third kappa shape index (κ3) is 6.44. The van der Waals surface area contributed by atoms with Crippen LogP contribution < -0.4 is 4.72 Å². The third-order valence-corrected chi connectivity index (χ3v) is 9.48. The fourth-order valence-electron chi connectivity index (χ4n) is 5.54. The van der Waals surface area contributed by atoms with Gasteiger partial charge in [-0.25, -0.2) is 9.78 Å². The van der Waals surface area contributed by atoms with Crippen LogP contribution in [-0.4, -0.2) is 30.1 Å². The van der Waals surface area contributed by atoms with Crippen LogP contribution in [0.5, 0.6) is 0 Å². The number of pyridine rings is 1. The van der Waals surface area contributed by atoms with E-state index in [1.54, 1.807) is 18.2 Å². The Morgan fingerprint density at radius 1 is 1.15 bits per heavy atom. The van der Waals surface area contributed by atoms with Gasteiger partial charge in [-0.3, -0.25) is 4.72 Å². The number of ether oxygens (including phenoxy) is 1. The molecule has 8 nitrogen and oxygen atoms in total. The number of hydrogen-bond acceptors (Lipinski definition) is 7. The number of nitriles is 1. The highest BCUT2D eigenvalue weighted by molar-refractivity contribution is 7.92. The van der Waals surface area contributed by atoms with E-state index in [1.807, 2.05) is 19.1 Å². The highest BCUT2D eigenvalue weighted by atomic mass is 32.2. The Bertz CT molecular complexity index is 1390. The fraction of sp³-hybridized carbons (Fsp3) is 0.500. The lowest BCUT2D eigenvalue weighted by molar-refractivity contribution is -0.161. The summed E-state index contributed by atoms with van der Waals surface area (Å²) >= 11 is 0. The number of rotatable bonds is 12. The molecular formula is C30H35N3O5S. The van der Waals surface area contributed by atoms with E-state index in [1.165, 1.54) is 44.0 Å². The minimum Gasteiger partial charge on any atom is -0.512 e. The number of aliphatic hydroxyl groups is 1. The average molecular weight is 550 g/mol. The first-order chi connectivity index (χ1) is 18.7. The summed E-state index contributed by atoms with van der Waals surface area (Å²) in [4.78, 5) is 17.4. The van der Waals surface area contributed by atoms with Crippen LogP contribution in [0.4, 0.5) is 5.69 Å². The lowest BCUT2D eigenvalue weighted by Crippen LogP contribution is -2.41. The molecule has 3 aliphatic rings. The monoisotopic (exact) mass is 549 g/mol. The van der Waals surface area contributed by atoms with Gasteiger partial charge in [-0.05, 0) is 73.8 Å². The predicted molar refractivity (Wildman–Crippen MR) is 146 cm³/mol. The molecule has 1 aromatic heterocycles. The molecule has 0 bridgehead atoms. The zero-order chi connectivity index (χ0) is 27.6. The number of carbonyl (C=O) groups excluding carboxylic acids is 1. The number of anilines is 1. The van der Waals surface area contributed by atoms with Gasteiger partial charge in [0, 0.05) is 24.2 Å². The van der Waals surface area contributed by atoms with Crippen molar-refractivity contribution in [1.82, 2.24) is 4.98 Å². The maximum absolute atomic E-state index is 13.5. The van der Waals surface area contributed by atoms with Crippen molar-refractivity contribution in [2.24, 2.45) is 11.8 Å². The van der Waals surface area contributed by atoms with Gasteiger partial charge in [0.1, 0.15) is 17.4 Å². The largest absolute Gasteiger partial charge is 0.512 e. The quantitative estimate of drug-likeness (QED) is 0.305. The second kappa shape index (κ2) is 11.0. The van der Waals surface area contributed by atoms with Crippen LogP contribution in [-0.2, 0) is 19.6 Å². The Balaban J connectivity index is 1.37. The molecule has 9 heteroatoms. The summed E-state index contributed by atoms with van der Waals surface area (Å²) in [7, 11) is -3.99. The topological polar surface area (TPSA) is 129 Å². The second-order valence-corrected chi connectivity index (χ2v) is 12.9. The maximum Gasteiger partial charge on any atom is 0.338 e. The van der Waals surface area contributed by atoms with Crippen molar-refractivity contribution in [3.63, 3.8) is 0 Å². The lowest BCUT2D eigenvalue weighted by atomic mass is 9.79. The molecule has 2 aromatic rings. The van der Waals surface area contributed by atoms with Gasteiger partial charge in [0.15, 0.2) is 5.03 Å². The Labute approximate surface area is 230 Å². The van der Waals surface area contributed by atoms with Crippen molar-refractivity contribution in [3.8, 4) is 6.07 Å². The minimum atomic E-state index is -3.99. The van der Waals surface area contributed by atoms with E-state index in [0.717, 1.165) is 25.7 Å². The molecule has 1 unspecified atom stereocenters. The van der Waals surface area contributed by atoms with Crippen LogP contribution in [0.25, 0.3) is 0 Å². The van der Waals surface area contributed by atoms with Gasteiger partial charge in [0.2, 0.25) is 0 Å². The number of sulfonamides is 1. The Kier molecular flexibility index (Phi) is 7.68. The first-order valence-corrected chi connectivity index (χ1v) is 15.3. The summed E-state index contributed by atoms with van der Waals surface area (Å²) < 4.78 is 34.5. The van der Waals surface area contributed by atoms with E-state index in [9.17, 15) is 18.3 Å². The van der Waals surface area contributed by atoms with Crippen molar-refractivity contribution in [2.45, 2.75) is 87.7 Å². The molecule has 1 aromatic carbocycles. The highest BCUT2D eigenvalue weighted by Gasteiger charge is 2.45. The molecule has 2 heterocycles. The van der Waals surface area contributed by atoms with Gasteiger partial charge in [-0.15, -0.1) is 0 Å². The maximum atomic E-state index is 13.5. The molecule has 1 atom stereocenters. The van der Waals surface area contributed by atoms with Gasteiger partial charge in [-0.1, -0.05) is 44.7 Å². The van der Waals surface area contributed by atoms with E-state index in [-0.39, 0.29) is 21.9 Å². The fourth-order valence-corrected chi connectivity index (χ4v) is 6.52.